The number of fused-ring (bicyclic) bond motifs is 5. The first-order chi connectivity index (χ1) is 22.5. The quantitative estimate of drug-likeness (QED) is 0.136. The van der Waals surface area contributed by atoms with Crippen LogP contribution in [0.3, 0.4) is 0 Å². The Morgan fingerprint density at radius 2 is 1.40 bits per heavy atom. The fourth-order valence-electron chi connectivity index (χ4n) is 8.15. The minimum absolute atomic E-state index is 0.0126. The summed E-state index contributed by atoms with van der Waals surface area (Å²) in [5.41, 5.74) is 1.71. The Morgan fingerprint density at radius 3 is 2.11 bits per heavy atom. The Morgan fingerprint density at radius 1 is 0.766 bits per heavy atom. The van der Waals surface area contributed by atoms with E-state index in [-0.39, 0.29) is 30.2 Å². The van der Waals surface area contributed by atoms with E-state index in [1.165, 1.54) is 23.1 Å². The van der Waals surface area contributed by atoms with Gasteiger partial charge in [-0.25, -0.2) is 9.29 Å². The summed E-state index contributed by atoms with van der Waals surface area (Å²) in [7, 11) is 0. The van der Waals surface area contributed by atoms with Crippen molar-refractivity contribution in [2.45, 2.75) is 28.5 Å². The zero-order chi connectivity index (χ0) is 33.0. The van der Waals surface area contributed by atoms with Gasteiger partial charge >= 0.3 is 0 Å². The van der Waals surface area contributed by atoms with E-state index in [0.717, 1.165) is 21.5 Å². The molecule has 3 fully saturated rings. The zero-order valence-electron chi connectivity index (χ0n) is 24.4. The van der Waals surface area contributed by atoms with Crippen LogP contribution in [0.5, 0.6) is 5.75 Å². The number of amides is 4. The molecule has 11 heteroatoms. The number of hydrogen-bond donors (Lipinski definition) is 1. The highest BCUT2D eigenvalue weighted by Crippen LogP contribution is 2.66. The number of alkyl halides is 2. The van der Waals surface area contributed by atoms with Crippen LogP contribution in [0.15, 0.2) is 101 Å². The van der Waals surface area contributed by atoms with Gasteiger partial charge in [0.25, 0.3) is 11.8 Å². The lowest BCUT2D eigenvalue weighted by Crippen LogP contribution is -2.60. The van der Waals surface area contributed by atoms with Crippen LogP contribution in [0.25, 0.3) is 10.8 Å². The molecule has 0 spiro atoms. The molecule has 8 rings (SSSR count). The van der Waals surface area contributed by atoms with E-state index in [4.69, 9.17) is 23.2 Å². The van der Waals surface area contributed by atoms with E-state index in [0.29, 0.717) is 27.6 Å². The topological polar surface area (TPSA) is 95.0 Å². The van der Waals surface area contributed by atoms with Crippen LogP contribution in [0.1, 0.15) is 24.3 Å². The average molecular weight is 734 g/mol. The summed E-state index contributed by atoms with van der Waals surface area (Å²) < 4.78 is 14.7. The third-order valence-corrected chi connectivity index (χ3v) is 12.2. The van der Waals surface area contributed by atoms with Crippen LogP contribution >= 0.6 is 39.1 Å². The van der Waals surface area contributed by atoms with Gasteiger partial charge in [0.05, 0.1) is 23.2 Å². The number of allylic oxidation sites excluding steroid dienone is 2. The largest absolute Gasteiger partial charge is 0.507 e. The second kappa shape index (κ2) is 10.5. The summed E-state index contributed by atoms with van der Waals surface area (Å²) in [4.78, 5) is 55.2. The minimum atomic E-state index is -2.08. The van der Waals surface area contributed by atoms with Gasteiger partial charge in [0.1, 0.15) is 11.6 Å². The third-order valence-electron chi connectivity index (χ3n) is 10.2. The fourth-order valence-corrected chi connectivity index (χ4v) is 9.34. The fraction of sp³-hybridized carbons (Fsp3) is 0.222. The molecule has 236 valence electrons. The van der Waals surface area contributed by atoms with Crippen molar-refractivity contribution in [2.24, 2.45) is 17.8 Å². The molecule has 2 aliphatic heterocycles. The van der Waals surface area contributed by atoms with Crippen LogP contribution < -0.4 is 9.80 Å². The summed E-state index contributed by atoms with van der Waals surface area (Å²) in [6.07, 6.45) is 1.90. The van der Waals surface area contributed by atoms with E-state index < -0.39 is 57.0 Å². The van der Waals surface area contributed by atoms with E-state index in [1.54, 1.807) is 54.6 Å². The summed E-state index contributed by atoms with van der Waals surface area (Å²) in [5.74, 6) is -6.20. The Labute approximate surface area is 286 Å². The maximum Gasteiger partial charge on any atom is 0.258 e. The molecule has 1 N–H and O–H groups in total. The number of rotatable bonds is 3. The van der Waals surface area contributed by atoms with E-state index >= 15 is 0 Å². The number of imide groups is 2. The number of aromatic hydroxyl groups is 1. The zero-order valence-corrected chi connectivity index (χ0v) is 27.5. The molecule has 2 aliphatic carbocycles. The van der Waals surface area contributed by atoms with Crippen molar-refractivity contribution in [2.75, 3.05) is 9.80 Å². The summed E-state index contributed by atoms with van der Waals surface area (Å²) in [5, 5.41) is 11.8. The summed E-state index contributed by atoms with van der Waals surface area (Å²) >= 11 is 18.4. The number of benzene rings is 4. The molecule has 7 nitrogen and oxygen atoms in total. The predicted octanol–water partition coefficient (Wildman–Crippen LogP) is 7.22. The van der Waals surface area contributed by atoms with Crippen molar-refractivity contribution < 1.29 is 28.7 Å². The van der Waals surface area contributed by atoms with Crippen LogP contribution in [0, 0.1) is 23.6 Å². The normalized spacial score (nSPS) is 30.0. The number of hydrogen-bond acceptors (Lipinski definition) is 5. The molecule has 4 aromatic rings. The summed E-state index contributed by atoms with van der Waals surface area (Å²) in [6, 6.07) is 22.0. The van der Waals surface area contributed by atoms with Gasteiger partial charge in [-0.3, -0.25) is 24.1 Å². The monoisotopic (exact) mass is 732 g/mol. The molecule has 0 unspecified atom stereocenters. The van der Waals surface area contributed by atoms with Gasteiger partial charge in [-0.05, 0) is 84.3 Å². The third kappa shape index (κ3) is 4.03. The van der Waals surface area contributed by atoms with Gasteiger partial charge in [-0.15, -0.1) is 23.2 Å². The van der Waals surface area contributed by atoms with Gasteiger partial charge in [0.15, 0.2) is 9.75 Å². The standard InChI is InChI=1S/C36H24BrCl2FN2O5/c37-18-5-9-20(10-6-18)41-31(44)26-14-13-25-27(29(26)32(41)45)17-35(38)33(46)42(21-11-7-19(40)8-12-21)34(47)36(35,39)30(25)24-15-16-28(43)23-4-2-1-3-22(23)24/h1-13,15-16,26-27,29-30,43H,14,17H2/t26-,27+,29-,30-,35+,36-/m0/s1. The lowest BCUT2D eigenvalue weighted by molar-refractivity contribution is -0.125. The number of halogens is 4. The molecule has 2 saturated heterocycles. The van der Waals surface area contributed by atoms with Gasteiger partial charge in [0, 0.05) is 15.8 Å². The van der Waals surface area contributed by atoms with Crippen molar-refractivity contribution in [1.29, 1.82) is 0 Å². The van der Waals surface area contributed by atoms with E-state index in [9.17, 15) is 28.7 Å². The van der Waals surface area contributed by atoms with Crippen LogP contribution in [-0.2, 0) is 19.2 Å². The van der Waals surface area contributed by atoms with Crippen LogP contribution in [0.4, 0.5) is 15.8 Å². The number of anilines is 2. The lowest BCUT2D eigenvalue weighted by Gasteiger charge is -2.51. The molecule has 4 aromatic carbocycles. The summed E-state index contributed by atoms with van der Waals surface area (Å²) in [6.45, 7) is 0. The molecule has 47 heavy (non-hydrogen) atoms. The van der Waals surface area contributed by atoms with Crippen molar-refractivity contribution >= 4 is 84.9 Å². The van der Waals surface area contributed by atoms with Gasteiger partial charge < -0.3 is 5.11 Å². The number of nitrogens with zero attached hydrogens (tertiary/aromatic N) is 2. The van der Waals surface area contributed by atoms with Gasteiger partial charge in [-0.1, -0.05) is 57.9 Å². The predicted molar refractivity (Wildman–Crippen MR) is 179 cm³/mol. The molecular weight excluding hydrogens is 710 g/mol. The Hall–Kier alpha value is -4.05. The first-order valence-corrected chi connectivity index (χ1v) is 16.6. The highest BCUT2D eigenvalue weighted by molar-refractivity contribution is 9.10. The highest BCUT2D eigenvalue weighted by Gasteiger charge is 2.76. The first-order valence-electron chi connectivity index (χ1n) is 15.0. The molecule has 0 bridgehead atoms. The number of phenolic OH excluding ortho intramolecular Hbond substituents is 1. The number of carbonyl (C=O) groups is 4. The minimum Gasteiger partial charge on any atom is -0.507 e. The first kappa shape index (κ1) is 30.3. The van der Waals surface area contributed by atoms with Gasteiger partial charge in [-0.2, -0.15) is 0 Å². The SMILES string of the molecule is O=C1[C@H]2[C@H](CC=C3[C@H]2C[C@@]2(Cl)C(=O)N(c4ccc(F)cc4)C(=O)[C@@]2(Cl)[C@H]3c2ccc(O)c3ccccc23)C(=O)N1c1ccc(Br)cc1. The van der Waals surface area contributed by atoms with Crippen molar-refractivity contribution in [3.63, 3.8) is 0 Å². The molecule has 1 saturated carbocycles. The molecule has 0 aromatic heterocycles. The average Bonchev–Trinajstić information content (AvgIpc) is 3.40. The Kier molecular flexibility index (Phi) is 6.75. The Balaban J connectivity index is 1.34. The molecule has 6 atom stereocenters. The second-order valence-corrected chi connectivity index (χ2v) is 14.6. The van der Waals surface area contributed by atoms with Crippen molar-refractivity contribution in [3.05, 3.63) is 112 Å². The lowest BCUT2D eigenvalue weighted by atomic mass is 9.56. The second-order valence-electron chi connectivity index (χ2n) is 12.5. The molecule has 4 amide bonds. The molecule has 0 radical (unpaired) electrons. The molecule has 2 heterocycles. The Bertz CT molecular complexity index is 2090. The molecular formula is C36H24BrCl2FN2O5. The van der Waals surface area contributed by atoms with E-state index in [2.05, 4.69) is 15.9 Å². The van der Waals surface area contributed by atoms with Gasteiger partial charge in [0.2, 0.25) is 11.8 Å². The molecule has 4 aliphatic rings. The van der Waals surface area contributed by atoms with Crippen LogP contribution in [-0.4, -0.2) is 38.5 Å². The van der Waals surface area contributed by atoms with Crippen LogP contribution in [0.2, 0.25) is 0 Å². The highest BCUT2D eigenvalue weighted by atomic mass is 79.9. The van der Waals surface area contributed by atoms with Crippen molar-refractivity contribution in [1.82, 2.24) is 0 Å². The number of phenols is 1. The van der Waals surface area contributed by atoms with Crippen molar-refractivity contribution in [3.8, 4) is 5.75 Å². The number of carbonyl (C=O) groups excluding carboxylic acids is 4. The maximum absolute atomic E-state index is 14.6. The smallest absolute Gasteiger partial charge is 0.258 e. The maximum atomic E-state index is 14.6. The van der Waals surface area contributed by atoms with E-state index in [1.807, 2.05) is 6.08 Å².